The summed E-state index contributed by atoms with van der Waals surface area (Å²) in [5, 5.41) is 17.9. The molecule has 0 spiro atoms. The van der Waals surface area contributed by atoms with Gasteiger partial charge in [-0.2, -0.15) is 0 Å². The maximum absolute atomic E-state index is 2.53. The van der Waals surface area contributed by atoms with Crippen LogP contribution in [0.4, 0.5) is 0 Å². The molecule has 0 radical (unpaired) electrons. The van der Waals surface area contributed by atoms with Crippen LogP contribution in [-0.4, -0.2) is 23.6 Å². The fraction of sp³-hybridized carbons (Fsp3) is 0. The van der Waals surface area contributed by atoms with E-state index in [1.165, 1.54) is 151 Å². The maximum atomic E-state index is 2.53. The third-order valence-corrected chi connectivity index (χ3v) is 19.2. The molecule has 3 aromatic heterocycles. The van der Waals surface area contributed by atoms with Crippen LogP contribution in [0.15, 0.2) is 279 Å². The van der Waals surface area contributed by atoms with Gasteiger partial charge in [-0.15, -0.1) is 0 Å². The van der Waals surface area contributed by atoms with E-state index in [9.17, 15) is 0 Å². The van der Waals surface area contributed by atoms with Crippen molar-refractivity contribution in [3.05, 3.63) is 279 Å². The van der Waals surface area contributed by atoms with Crippen molar-refractivity contribution in [3.63, 3.8) is 0 Å². The Morgan fingerprint density at radius 1 is 0.228 bits per heavy atom. The molecule has 0 fully saturated rings. The third kappa shape index (κ3) is 6.52. The number of rotatable bonds is 6. The van der Waals surface area contributed by atoms with E-state index in [4.69, 9.17) is 0 Å². The zero-order valence-corrected chi connectivity index (χ0v) is 44.6. The second kappa shape index (κ2) is 17.4. The largest absolute Gasteiger partial charge is 0.0602 e. The predicted molar refractivity (Wildman–Crippen MR) is 339 cm³/mol. The molecule has 79 heavy (non-hydrogen) atoms. The summed E-state index contributed by atoms with van der Waals surface area (Å²) in [6.07, 6.45) is 0. The SMILES string of the molecule is c1ccc(-n2c3ccccc3c3c(-c4cccc5c(-c6ccc7c(c6)[se]c6cccc(-c8c9ccccc9c(-c9cccc%10c9c9ccccc9n%10-c9ccccc9)c9ccccc89)c67)c6ccccc6cc45)cccc32)cc1. The molecule has 3 heteroatoms. The van der Waals surface area contributed by atoms with Gasteiger partial charge in [0.1, 0.15) is 0 Å². The van der Waals surface area contributed by atoms with Gasteiger partial charge in [0.15, 0.2) is 0 Å². The summed E-state index contributed by atoms with van der Waals surface area (Å²) in [6.45, 7) is 0. The Morgan fingerprint density at radius 3 is 1.27 bits per heavy atom. The fourth-order valence-electron chi connectivity index (χ4n) is 13.7. The van der Waals surface area contributed by atoms with E-state index in [1.54, 1.807) is 0 Å². The van der Waals surface area contributed by atoms with Gasteiger partial charge in [-0.25, -0.2) is 0 Å². The maximum Gasteiger partial charge on any atom is -0.0380 e. The molecule has 0 amide bonds. The van der Waals surface area contributed by atoms with Crippen molar-refractivity contribution in [2.45, 2.75) is 0 Å². The van der Waals surface area contributed by atoms with Crippen LogP contribution >= 0.6 is 0 Å². The predicted octanol–water partition coefficient (Wildman–Crippen LogP) is 20.5. The second-order valence-electron chi connectivity index (χ2n) is 21.0. The standard InChI is InChI=1S/C76H46N2Se/c1-3-22-49(23-4-1)77-65-38-15-13-31-59(65)74-53(35-18-40-67(74)77)52-33-17-34-58-64(52)45-47-21-7-8-26-51(47)71(58)48-43-44-61-70(46-48)79-69-42-20-37-63(76(61)69)73-56-29-11-9-27-54(56)72(55-28-10-12-30-57(55)73)62-36-19-41-68-75(62)60-32-14-16-39-66(60)78(68)50-24-5-2-6-25-50/h1-46H. The van der Waals surface area contributed by atoms with Gasteiger partial charge in [0.2, 0.25) is 0 Å². The second-order valence-corrected chi connectivity index (χ2v) is 23.3. The van der Waals surface area contributed by atoms with Crippen LogP contribution < -0.4 is 0 Å². The van der Waals surface area contributed by atoms with Crippen molar-refractivity contribution >= 4 is 120 Å². The summed E-state index contributed by atoms with van der Waals surface area (Å²) >= 11 is 0.0962. The molecule has 0 saturated heterocycles. The number of hydrogen-bond acceptors (Lipinski definition) is 0. The first-order chi connectivity index (χ1) is 39.2. The number of aromatic nitrogens is 2. The smallest absolute Gasteiger partial charge is 0.0380 e. The zero-order chi connectivity index (χ0) is 51.7. The minimum atomic E-state index is 0.0962. The average Bonchev–Trinajstić information content (AvgIpc) is 4.26. The van der Waals surface area contributed by atoms with Crippen LogP contribution in [0.3, 0.4) is 0 Å². The van der Waals surface area contributed by atoms with Gasteiger partial charge in [-0.3, -0.25) is 0 Å². The molecular weight excluding hydrogens is 1020 g/mol. The minimum absolute atomic E-state index is 0.0962. The number of hydrogen-bond donors (Lipinski definition) is 0. The van der Waals surface area contributed by atoms with Gasteiger partial charge in [0.25, 0.3) is 0 Å². The van der Waals surface area contributed by atoms with Gasteiger partial charge in [-0.05, 0) is 24.3 Å². The molecule has 0 atom stereocenters. The summed E-state index contributed by atoms with van der Waals surface area (Å²) in [7, 11) is 0. The van der Waals surface area contributed by atoms with Crippen LogP contribution in [0, 0.1) is 0 Å². The summed E-state index contributed by atoms with van der Waals surface area (Å²) < 4.78 is 7.71. The van der Waals surface area contributed by atoms with Crippen LogP contribution in [-0.2, 0) is 0 Å². The van der Waals surface area contributed by atoms with E-state index in [2.05, 4.69) is 288 Å². The molecule has 17 rings (SSSR count). The Balaban J connectivity index is 0.870. The van der Waals surface area contributed by atoms with E-state index >= 15 is 0 Å². The van der Waals surface area contributed by atoms with Gasteiger partial charge < -0.3 is 0 Å². The van der Waals surface area contributed by atoms with E-state index in [1.807, 2.05) is 0 Å². The van der Waals surface area contributed by atoms with Gasteiger partial charge in [0.05, 0.1) is 0 Å². The Labute approximate surface area is 461 Å². The number of para-hydroxylation sites is 4. The van der Waals surface area contributed by atoms with E-state index in [0.29, 0.717) is 0 Å². The van der Waals surface area contributed by atoms with Crippen LogP contribution in [0.25, 0.3) is 162 Å². The van der Waals surface area contributed by atoms with Crippen LogP contribution in [0.1, 0.15) is 0 Å². The number of fused-ring (bicyclic) bond motifs is 13. The van der Waals surface area contributed by atoms with Crippen molar-refractivity contribution in [2.75, 3.05) is 0 Å². The molecule has 3 heterocycles. The van der Waals surface area contributed by atoms with Crippen LogP contribution in [0.2, 0.25) is 0 Å². The van der Waals surface area contributed by atoms with Gasteiger partial charge >= 0.3 is 392 Å². The Kier molecular flexibility index (Phi) is 9.76. The molecule has 366 valence electrons. The quantitative estimate of drug-likeness (QED) is 0.116. The van der Waals surface area contributed by atoms with Crippen LogP contribution in [0.5, 0.6) is 0 Å². The molecule has 0 unspecified atom stereocenters. The topological polar surface area (TPSA) is 9.86 Å². The van der Waals surface area contributed by atoms with E-state index in [-0.39, 0.29) is 14.5 Å². The van der Waals surface area contributed by atoms with Crippen molar-refractivity contribution in [2.24, 2.45) is 0 Å². The third-order valence-electron chi connectivity index (χ3n) is 16.9. The summed E-state index contributed by atoms with van der Waals surface area (Å²) in [4.78, 5) is 0. The number of nitrogens with zero attached hydrogens (tertiary/aromatic N) is 2. The van der Waals surface area contributed by atoms with E-state index in [0.717, 1.165) is 11.4 Å². The molecule has 14 aromatic carbocycles. The van der Waals surface area contributed by atoms with Gasteiger partial charge in [0, 0.05) is 0 Å². The molecule has 0 aliphatic heterocycles. The first-order valence-corrected chi connectivity index (χ1v) is 29.0. The van der Waals surface area contributed by atoms with Crippen molar-refractivity contribution < 1.29 is 0 Å². The summed E-state index contributed by atoms with van der Waals surface area (Å²) in [6, 6.07) is 104. The van der Waals surface area contributed by atoms with Gasteiger partial charge in [-0.1, -0.05) is 48.5 Å². The van der Waals surface area contributed by atoms with Crippen molar-refractivity contribution in [3.8, 4) is 55.9 Å². The first-order valence-electron chi connectivity index (χ1n) is 27.2. The number of benzene rings is 14. The summed E-state index contributed by atoms with van der Waals surface area (Å²) in [5.74, 6) is 0. The normalized spacial score (nSPS) is 12.1. The monoisotopic (exact) mass is 1070 g/mol. The molecular formula is C76H46N2Se. The van der Waals surface area contributed by atoms with Crippen molar-refractivity contribution in [1.82, 2.24) is 9.13 Å². The minimum Gasteiger partial charge on any atom is -0.0602 e. The van der Waals surface area contributed by atoms with Crippen molar-refractivity contribution in [1.29, 1.82) is 0 Å². The molecule has 0 bridgehead atoms. The molecule has 0 aliphatic rings. The van der Waals surface area contributed by atoms with E-state index < -0.39 is 0 Å². The molecule has 2 nitrogen and oxygen atoms in total. The zero-order valence-electron chi connectivity index (χ0n) is 42.9. The molecule has 0 N–H and O–H groups in total. The molecule has 17 aromatic rings. The fourth-order valence-corrected chi connectivity index (χ4v) is 16.2. The average molecular weight is 1070 g/mol. The molecule has 0 aliphatic carbocycles. The summed E-state index contributed by atoms with van der Waals surface area (Å²) in [5.41, 5.74) is 17.3. The Morgan fingerprint density at radius 2 is 0.658 bits per heavy atom. The Bertz CT molecular complexity index is 5310. The first kappa shape index (κ1) is 44.4. The molecule has 0 saturated carbocycles. The Hall–Kier alpha value is -9.76.